The lowest BCUT2D eigenvalue weighted by atomic mass is 10.2. The van der Waals surface area contributed by atoms with Crippen molar-refractivity contribution in [1.82, 2.24) is 0 Å². The van der Waals surface area contributed by atoms with Gasteiger partial charge in [-0.2, -0.15) is 0 Å². The molecule has 4 rings (SSSR count). The molecule has 152 valence electrons. The summed E-state index contributed by atoms with van der Waals surface area (Å²) in [6.07, 6.45) is 1.30. The summed E-state index contributed by atoms with van der Waals surface area (Å²) in [4.78, 5) is 12.8. The minimum atomic E-state index is -0.265. The largest absolute Gasteiger partial charge is 0.497 e. The summed E-state index contributed by atoms with van der Waals surface area (Å²) in [5.74, 6) is 2.58. The van der Waals surface area contributed by atoms with Gasteiger partial charge < -0.3 is 23.4 Å². The Morgan fingerprint density at radius 3 is 2.33 bits per heavy atom. The number of hydrogen-bond acceptors (Lipinski definition) is 6. The van der Waals surface area contributed by atoms with Crippen molar-refractivity contribution in [3.8, 4) is 28.7 Å². The van der Waals surface area contributed by atoms with Crippen molar-refractivity contribution in [3.05, 3.63) is 88.8 Å². The van der Waals surface area contributed by atoms with Gasteiger partial charge in [0.15, 0.2) is 0 Å². The first-order valence-electron chi connectivity index (χ1n) is 9.29. The Labute approximate surface area is 173 Å². The third kappa shape index (κ3) is 4.22. The molecule has 0 aliphatic carbocycles. The molecule has 0 amide bonds. The molecule has 6 heteroatoms. The standard InChI is InChI=1S/C24H20O6/c1-26-17-6-3-5-16(11-17)14-28-19-9-10-21-22(13-19)29-15-23(24(21)25)30-20-8-4-7-18(12-20)27-2/h3-13,15H,14H2,1-2H3. The van der Waals surface area contributed by atoms with Gasteiger partial charge in [-0.05, 0) is 42.0 Å². The Balaban J connectivity index is 1.54. The van der Waals surface area contributed by atoms with Crippen LogP contribution in [0.3, 0.4) is 0 Å². The van der Waals surface area contributed by atoms with E-state index in [2.05, 4.69) is 0 Å². The average Bonchev–Trinajstić information content (AvgIpc) is 2.80. The maximum atomic E-state index is 12.8. The molecule has 0 aliphatic rings. The molecule has 0 saturated heterocycles. The zero-order valence-corrected chi connectivity index (χ0v) is 16.6. The summed E-state index contributed by atoms with van der Waals surface area (Å²) in [6, 6.07) is 19.7. The monoisotopic (exact) mass is 404 g/mol. The van der Waals surface area contributed by atoms with Crippen molar-refractivity contribution in [3.63, 3.8) is 0 Å². The van der Waals surface area contributed by atoms with Crippen LogP contribution in [-0.2, 0) is 6.61 Å². The molecule has 0 bridgehead atoms. The van der Waals surface area contributed by atoms with Gasteiger partial charge in [0.25, 0.3) is 0 Å². The van der Waals surface area contributed by atoms with Gasteiger partial charge in [-0.3, -0.25) is 4.79 Å². The minimum absolute atomic E-state index is 0.0980. The van der Waals surface area contributed by atoms with Gasteiger partial charge in [-0.1, -0.05) is 18.2 Å². The smallest absolute Gasteiger partial charge is 0.235 e. The second-order valence-corrected chi connectivity index (χ2v) is 6.51. The summed E-state index contributed by atoms with van der Waals surface area (Å²) >= 11 is 0. The first kappa shape index (κ1) is 19.4. The van der Waals surface area contributed by atoms with Crippen molar-refractivity contribution in [1.29, 1.82) is 0 Å². The summed E-state index contributed by atoms with van der Waals surface area (Å²) in [5.41, 5.74) is 1.12. The van der Waals surface area contributed by atoms with Crippen LogP contribution in [0.15, 0.2) is 82.2 Å². The predicted octanol–water partition coefficient (Wildman–Crippen LogP) is 5.18. The van der Waals surface area contributed by atoms with Gasteiger partial charge in [0, 0.05) is 12.1 Å². The molecule has 0 saturated carbocycles. The van der Waals surface area contributed by atoms with E-state index in [-0.39, 0.29) is 11.2 Å². The number of hydrogen-bond donors (Lipinski definition) is 0. The fourth-order valence-corrected chi connectivity index (χ4v) is 2.97. The van der Waals surface area contributed by atoms with E-state index >= 15 is 0 Å². The van der Waals surface area contributed by atoms with E-state index in [0.717, 1.165) is 11.3 Å². The Bertz CT molecular complexity index is 1230. The molecule has 0 spiro atoms. The molecule has 0 unspecified atom stereocenters. The van der Waals surface area contributed by atoms with Crippen LogP contribution in [-0.4, -0.2) is 14.2 Å². The van der Waals surface area contributed by atoms with Crippen molar-refractivity contribution in [2.24, 2.45) is 0 Å². The highest BCUT2D eigenvalue weighted by Gasteiger charge is 2.11. The van der Waals surface area contributed by atoms with Gasteiger partial charge in [0.05, 0.1) is 19.6 Å². The lowest BCUT2D eigenvalue weighted by molar-refractivity contribution is 0.305. The molecule has 6 nitrogen and oxygen atoms in total. The van der Waals surface area contributed by atoms with E-state index in [1.807, 2.05) is 24.3 Å². The third-order valence-electron chi connectivity index (χ3n) is 4.52. The fraction of sp³-hybridized carbons (Fsp3) is 0.125. The Morgan fingerprint density at radius 1 is 0.800 bits per heavy atom. The summed E-state index contributed by atoms with van der Waals surface area (Å²) in [5, 5.41) is 0.407. The Kier molecular flexibility index (Phi) is 5.57. The summed E-state index contributed by atoms with van der Waals surface area (Å²) in [6.45, 7) is 0.365. The van der Waals surface area contributed by atoms with Crippen molar-refractivity contribution in [2.75, 3.05) is 14.2 Å². The topological polar surface area (TPSA) is 67.1 Å². The van der Waals surface area contributed by atoms with Crippen molar-refractivity contribution < 1.29 is 23.4 Å². The van der Waals surface area contributed by atoms with E-state index in [1.165, 1.54) is 6.26 Å². The Morgan fingerprint density at radius 2 is 1.53 bits per heavy atom. The molecule has 1 aromatic heterocycles. The molecule has 0 fully saturated rings. The summed E-state index contributed by atoms with van der Waals surface area (Å²) < 4.78 is 27.5. The predicted molar refractivity (Wildman–Crippen MR) is 113 cm³/mol. The van der Waals surface area contributed by atoms with Gasteiger partial charge in [0.1, 0.15) is 41.5 Å². The number of methoxy groups -OCH3 is 2. The molecule has 4 aromatic rings. The van der Waals surface area contributed by atoms with Gasteiger partial charge in [-0.25, -0.2) is 0 Å². The van der Waals surface area contributed by atoms with Crippen molar-refractivity contribution in [2.45, 2.75) is 6.61 Å². The lowest BCUT2D eigenvalue weighted by Crippen LogP contribution is -2.05. The van der Waals surface area contributed by atoms with Crippen LogP contribution >= 0.6 is 0 Å². The zero-order chi connectivity index (χ0) is 20.9. The number of ether oxygens (including phenoxy) is 4. The maximum absolute atomic E-state index is 12.8. The highest BCUT2D eigenvalue weighted by molar-refractivity contribution is 5.79. The van der Waals surface area contributed by atoms with E-state index in [9.17, 15) is 4.79 Å². The third-order valence-corrected chi connectivity index (χ3v) is 4.52. The van der Waals surface area contributed by atoms with Crippen LogP contribution in [0.25, 0.3) is 11.0 Å². The van der Waals surface area contributed by atoms with E-state index in [1.54, 1.807) is 56.7 Å². The average molecular weight is 404 g/mol. The molecule has 0 radical (unpaired) electrons. The molecular formula is C24H20O6. The van der Waals surface area contributed by atoms with E-state index in [0.29, 0.717) is 34.8 Å². The lowest BCUT2D eigenvalue weighted by Gasteiger charge is -2.09. The molecule has 3 aromatic carbocycles. The van der Waals surface area contributed by atoms with Gasteiger partial charge >= 0.3 is 0 Å². The molecule has 0 N–H and O–H groups in total. The quantitative estimate of drug-likeness (QED) is 0.423. The second-order valence-electron chi connectivity index (χ2n) is 6.51. The second kappa shape index (κ2) is 8.61. The van der Waals surface area contributed by atoms with Crippen LogP contribution in [0.1, 0.15) is 5.56 Å². The summed E-state index contributed by atoms with van der Waals surface area (Å²) in [7, 11) is 3.19. The fourth-order valence-electron chi connectivity index (χ4n) is 2.97. The Hall–Kier alpha value is -3.93. The van der Waals surface area contributed by atoms with E-state index < -0.39 is 0 Å². The molecule has 30 heavy (non-hydrogen) atoms. The molecule has 1 heterocycles. The first-order valence-corrected chi connectivity index (χ1v) is 9.29. The maximum Gasteiger partial charge on any atom is 0.235 e. The molecule has 0 aliphatic heterocycles. The number of benzene rings is 3. The van der Waals surface area contributed by atoms with Gasteiger partial charge in [0.2, 0.25) is 11.2 Å². The SMILES string of the molecule is COc1cccc(COc2ccc3c(=O)c(Oc4cccc(OC)c4)coc3c2)c1. The van der Waals surface area contributed by atoms with E-state index in [4.69, 9.17) is 23.4 Å². The van der Waals surface area contributed by atoms with Crippen LogP contribution < -0.4 is 24.4 Å². The van der Waals surface area contributed by atoms with Crippen LogP contribution in [0.5, 0.6) is 28.7 Å². The molecule has 0 atom stereocenters. The molecular weight excluding hydrogens is 384 g/mol. The number of fused-ring (bicyclic) bond motifs is 1. The minimum Gasteiger partial charge on any atom is -0.497 e. The van der Waals surface area contributed by atoms with Gasteiger partial charge in [-0.15, -0.1) is 0 Å². The van der Waals surface area contributed by atoms with Crippen molar-refractivity contribution >= 4 is 11.0 Å². The number of rotatable bonds is 7. The normalized spacial score (nSPS) is 10.6. The highest BCUT2D eigenvalue weighted by atomic mass is 16.5. The van der Waals surface area contributed by atoms with Crippen LogP contribution in [0, 0.1) is 0 Å². The van der Waals surface area contributed by atoms with Crippen LogP contribution in [0.2, 0.25) is 0 Å². The highest BCUT2D eigenvalue weighted by Crippen LogP contribution is 2.26. The van der Waals surface area contributed by atoms with Crippen LogP contribution in [0.4, 0.5) is 0 Å². The first-order chi connectivity index (χ1) is 14.7. The zero-order valence-electron chi connectivity index (χ0n) is 16.6.